The van der Waals surface area contributed by atoms with Crippen molar-refractivity contribution in [2.24, 2.45) is 5.92 Å². The van der Waals surface area contributed by atoms with E-state index in [-0.39, 0.29) is 11.8 Å². The van der Waals surface area contributed by atoms with E-state index in [1.165, 1.54) is 11.8 Å². The van der Waals surface area contributed by atoms with Gasteiger partial charge in [0.1, 0.15) is 0 Å². The number of carbonyl (C=O) groups is 1. The van der Waals surface area contributed by atoms with Gasteiger partial charge in [-0.3, -0.25) is 14.8 Å². The Morgan fingerprint density at radius 1 is 1.26 bits per heavy atom. The van der Waals surface area contributed by atoms with Gasteiger partial charge in [0.05, 0.1) is 22.6 Å². The lowest BCUT2D eigenvalue weighted by Crippen LogP contribution is -2.31. The van der Waals surface area contributed by atoms with E-state index < -0.39 is 6.10 Å². The summed E-state index contributed by atoms with van der Waals surface area (Å²) in [6.45, 7) is 0.936. The summed E-state index contributed by atoms with van der Waals surface area (Å²) in [4.78, 5) is 26.5. The van der Waals surface area contributed by atoms with Crippen LogP contribution in [0.15, 0.2) is 48.0 Å². The SMILES string of the molecule is O=C(CSc1ccccn1)N1C[C@@H](Cc2cnccn2)[C@H](O)C1. The Balaban J connectivity index is 1.52. The van der Waals surface area contributed by atoms with Gasteiger partial charge < -0.3 is 10.0 Å². The molecule has 2 atom stereocenters. The molecular weight excluding hydrogens is 312 g/mol. The van der Waals surface area contributed by atoms with Gasteiger partial charge in [0, 0.05) is 43.8 Å². The number of nitrogens with zero attached hydrogens (tertiary/aromatic N) is 4. The van der Waals surface area contributed by atoms with Crippen LogP contribution in [0, 0.1) is 5.92 Å². The predicted molar refractivity (Wildman–Crippen MR) is 86.8 cm³/mol. The Labute approximate surface area is 139 Å². The highest BCUT2D eigenvalue weighted by molar-refractivity contribution is 7.99. The average Bonchev–Trinajstić information content (AvgIpc) is 2.95. The fourth-order valence-corrected chi connectivity index (χ4v) is 3.39. The van der Waals surface area contributed by atoms with Gasteiger partial charge in [-0.05, 0) is 18.6 Å². The van der Waals surface area contributed by atoms with E-state index >= 15 is 0 Å². The highest BCUT2D eigenvalue weighted by Crippen LogP contribution is 2.22. The molecule has 7 heteroatoms. The number of aliphatic hydroxyl groups is 1. The molecule has 120 valence electrons. The van der Waals surface area contributed by atoms with Gasteiger partial charge in [0.15, 0.2) is 0 Å². The molecule has 1 N–H and O–H groups in total. The van der Waals surface area contributed by atoms with Gasteiger partial charge in [-0.15, -0.1) is 0 Å². The van der Waals surface area contributed by atoms with Crippen LogP contribution < -0.4 is 0 Å². The minimum atomic E-state index is -0.513. The van der Waals surface area contributed by atoms with Crippen LogP contribution in [0.1, 0.15) is 5.69 Å². The summed E-state index contributed by atoms with van der Waals surface area (Å²) in [7, 11) is 0. The first kappa shape index (κ1) is 15.9. The largest absolute Gasteiger partial charge is 0.391 e. The van der Waals surface area contributed by atoms with Gasteiger partial charge in [-0.1, -0.05) is 17.8 Å². The van der Waals surface area contributed by atoms with E-state index in [2.05, 4.69) is 15.0 Å². The molecule has 0 saturated carbocycles. The Morgan fingerprint density at radius 2 is 2.17 bits per heavy atom. The van der Waals surface area contributed by atoms with E-state index in [9.17, 15) is 9.90 Å². The van der Waals surface area contributed by atoms with E-state index in [4.69, 9.17) is 0 Å². The van der Waals surface area contributed by atoms with Crippen molar-refractivity contribution in [1.82, 2.24) is 19.9 Å². The second kappa shape index (κ2) is 7.52. The standard InChI is InChI=1S/C16H18N4O2S/c21-14-10-20(9-12(14)7-13-8-17-5-6-18-13)16(22)11-23-15-3-1-2-4-19-15/h1-6,8,12,14,21H,7,9-11H2/t12-,14-/m1/s1. The van der Waals surface area contributed by atoms with Gasteiger partial charge in [0.25, 0.3) is 0 Å². The van der Waals surface area contributed by atoms with Crippen molar-refractivity contribution >= 4 is 17.7 Å². The number of likely N-dealkylation sites (tertiary alicyclic amines) is 1. The molecule has 1 fully saturated rings. The van der Waals surface area contributed by atoms with Crippen molar-refractivity contribution in [2.75, 3.05) is 18.8 Å². The van der Waals surface area contributed by atoms with Crippen LogP contribution in [-0.4, -0.2) is 55.8 Å². The van der Waals surface area contributed by atoms with Crippen LogP contribution in [0.2, 0.25) is 0 Å². The number of carbonyl (C=O) groups excluding carboxylic acids is 1. The van der Waals surface area contributed by atoms with Crippen LogP contribution in [0.25, 0.3) is 0 Å². The van der Waals surface area contributed by atoms with Crippen molar-refractivity contribution in [3.63, 3.8) is 0 Å². The molecule has 0 bridgehead atoms. The summed E-state index contributed by atoms with van der Waals surface area (Å²) in [5.41, 5.74) is 0.841. The van der Waals surface area contributed by atoms with Crippen molar-refractivity contribution in [1.29, 1.82) is 0 Å². The molecule has 0 radical (unpaired) electrons. The number of thioether (sulfide) groups is 1. The monoisotopic (exact) mass is 330 g/mol. The lowest BCUT2D eigenvalue weighted by atomic mass is 10.0. The number of amides is 1. The molecule has 3 rings (SSSR count). The highest BCUT2D eigenvalue weighted by Gasteiger charge is 2.34. The summed E-state index contributed by atoms with van der Waals surface area (Å²) in [6.07, 6.45) is 6.80. The Bertz CT molecular complexity index is 641. The smallest absolute Gasteiger partial charge is 0.233 e. The van der Waals surface area contributed by atoms with Crippen molar-refractivity contribution < 1.29 is 9.90 Å². The molecule has 0 aliphatic carbocycles. The number of aromatic nitrogens is 3. The van der Waals surface area contributed by atoms with Crippen molar-refractivity contribution in [2.45, 2.75) is 17.6 Å². The van der Waals surface area contributed by atoms with E-state index in [0.29, 0.717) is 25.3 Å². The molecule has 1 aliphatic heterocycles. The molecule has 1 amide bonds. The Hall–Kier alpha value is -1.99. The molecule has 0 unspecified atom stereocenters. The molecule has 3 heterocycles. The van der Waals surface area contributed by atoms with Crippen LogP contribution in [-0.2, 0) is 11.2 Å². The molecule has 23 heavy (non-hydrogen) atoms. The molecule has 6 nitrogen and oxygen atoms in total. The normalized spacial score (nSPS) is 20.7. The maximum atomic E-state index is 12.3. The quantitative estimate of drug-likeness (QED) is 0.825. The van der Waals surface area contributed by atoms with Crippen molar-refractivity contribution in [3.8, 4) is 0 Å². The number of β-amino-alcohol motifs (C(OH)–C–C–N with tert-alkyl or cyclic N) is 1. The first-order chi connectivity index (χ1) is 11.2. The maximum Gasteiger partial charge on any atom is 0.233 e. The lowest BCUT2D eigenvalue weighted by Gasteiger charge is -2.15. The fourth-order valence-electron chi connectivity index (χ4n) is 2.62. The number of pyridine rings is 1. The number of hydrogen-bond acceptors (Lipinski definition) is 6. The number of hydrogen-bond donors (Lipinski definition) is 1. The maximum absolute atomic E-state index is 12.3. The molecule has 1 saturated heterocycles. The highest BCUT2D eigenvalue weighted by atomic mass is 32.2. The zero-order valence-electron chi connectivity index (χ0n) is 12.6. The second-order valence-electron chi connectivity index (χ2n) is 5.48. The summed E-state index contributed by atoms with van der Waals surface area (Å²) in [5, 5.41) is 11.0. The summed E-state index contributed by atoms with van der Waals surface area (Å²) in [5.74, 6) is 0.374. The van der Waals surface area contributed by atoms with Gasteiger partial charge in [-0.25, -0.2) is 4.98 Å². The third-order valence-corrected chi connectivity index (χ3v) is 4.76. The van der Waals surface area contributed by atoms with Crippen LogP contribution >= 0.6 is 11.8 Å². The Morgan fingerprint density at radius 3 is 2.91 bits per heavy atom. The third-order valence-electron chi connectivity index (χ3n) is 3.83. The number of aliphatic hydroxyl groups excluding tert-OH is 1. The van der Waals surface area contributed by atoms with E-state index in [0.717, 1.165) is 10.7 Å². The van der Waals surface area contributed by atoms with Gasteiger partial charge >= 0.3 is 0 Å². The fraction of sp³-hybridized carbons (Fsp3) is 0.375. The van der Waals surface area contributed by atoms with Crippen LogP contribution in [0.4, 0.5) is 0 Å². The molecule has 2 aromatic heterocycles. The summed E-state index contributed by atoms with van der Waals surface area (Å²) in [6, 6.07) is 5.63. The summed E-state index contributed by atoms with van der Waals surface area (Å²) >= 11 is 1.42. The zero-order chi connectivity index (χ0) is 16.1. The minimum Gasteiger partial charge on any atom is -0.391 e. The van der Waals surface area contributed by atoms with Crippen LogP contribution in [0.5, 0.6) is 0 Å². The Kier molecular flexibility index (Phi) is 5.19. The summed E-state index contributed by atoms with van der Waals surface area (Å²) < 4.78 is 0. The third kappa shape index (κ3) is 4.27. The van der Waals surface area contributed by atoms with E-state index in [1.54, 1.807) is 29.7 Å². The first-order valence-corrected chi connectivity index (χ1v) is 8.45. The molecule has 2 aromatic rings. The number of rotatable bonds is 5. The predicted octanol–water partition coefficient (Wildman–Crippen LogP) is 1.03. The minimum absolute atomic E-state index is 0.00972. The van der Waals surface area contributed by atoms with E-state index in [1.807, 2.05) is 18.2 Å². The van der Waals surface area contributed by atoms with Gasteiger partial charge in [0.2, 0.25) is 5.91 Å². The molecule has 0 spiro atoms. The topological polar surface area (TPSA) is 79.2 Å². The molecule has 0 aromatic carbocycles. The molecule has 1 aliphatic rings. The lowest BCUT2D eigenvalue weighted by molar-refractivity contribution is -0.127. The molecular formula is C16H18N4O2S. The first-order valence-electron chi connectivity index (χ1n) is 7.47. The average molecular weight is 330 g/mol. The van der Waals surface area contributed by atoms with Gasteiger partial charge in [-0.2, -0.15) is 0 Å². The van der Waals surface area contributed by atoms with Crippen molar-refractivity contribution in [3.05, 3.63) is 48.7 Å². The zero-order valence-corrected chi connectivity index (χ0v) is 13.4. The second-order valence-corrected chi connectivity index (χ2v) is 6.48. The van der Waals surface area contributed by atoms with Crippen LogP contribution in [0.3, 0.4) is 0 Å².